The van der Waals surface area contributed by atoms with Gasteiger partial charge in [0, 0.05) is 16.8 Å². The SMILES string of the molecule is CC1(C)c2ccccc2N(CN(CC(=O)F)CC(=O)F)C12C=Cc1cc(O)cc(CCl)c1O2. The number of phenols is 1. The van der Waals surface area contributed by atoms with Gasteiger partial charge in [0.25, 0.3) is 0 Å². The van der Waals surface area contributed by atoms with Crippen molar-refractivity contribution in [2.45, 2.75) is 30.9 Å². The Morgan fingerprint density at radius 2 is 1.82 bits per heavy atom. The maximum atomic E-state index is 13.3. The fourth-order valence-electron chi connectivity index (χ4n) is 4.75. The molecular weight excluding hydrogens is 454 g/mol. The van der Waals surface area contributed by atoms with E-state index >= 15 is 0 Å². The summed E-state index contributed by atoms with van der Waals surface area (Å²) in [7, 11) is 0. The first-order valence-electron chi connectivity index (χ1n) is 10.4. The number of hydrogen-bond donors (Lipinski definition) is 1. The molecule has 174 valence electrons. The molecule has 2 aromatic carbocycles. The Labute approximate surface area is 195 Å². The second kappa shape index (κ2) is 8.43. The van der Waals surface area contributed by atoms with Crippen molar-refractivity contribution in [1.82, 2.24) is 4.90 Å². The number of benzene rings is 2. The molecule has 4 rings (SSSR count). The third-order valence-electron chi connectivity index (χ3n) is 6.27. The van der Waals surface area contributed by atoms with E-state index in [2.05, 4.69) is 0 Å². The van der Waals surface area contributed by atoms with Crippen LogP contribution < -0.4 is 9.64 Å². The molecule has 1 spiro atoms. The molecule has 1 N–H and O–H groups in total. The number of alkyl halides is 1. The van der Waals surface area contributed by atoms with Crippen molar-refractivity contribution < 1.29 is 28.2 Å². The minimum Gasteiger partial charge on any atom is -0.508 e. The van der Waals surface area contributed by atoms with Gasteiger partial charge in [-0.1, -0.05) is 18.2 Å². The second-order valence-corrected chi connectivity index (χ2v) is 8.96. The van der Waals surface area contributed by atoms with Crippen LogP contribution in [0.3, 0.4) is 0 Å². The predicted molar refractivity (Wildman–Crippen MR) is 121 cm³/mol. The summed E-state index contributed by atoms with van der Waals surface area (Å²) in [4.78, 5) is 25.3. The summed E-state index contributed by atoms with van der Waals surface area (Å²) in [5.41, 5.74) is 1.05. The van der Waals surface area contributed by atoms with Gasteiger partial charge in [0.2, 0.25) is 5.72 Å². The summed E-state index contributed by atoms with van der Waals surface area (Å²) in [5.74, 6) is 0.617. The van der Waals surface area contributed by atoms with Crippen LogP contribution in [0.15, 0.2) is 42.5 Å². The van der Waals surface area contributed by atoms with Crippen molar-refractivity contribution in [3.63, 3.8) is 0 Å². The normalized spacial score (nSPS) is 20.0. The molecule has 0 radical (unpaired) electrons. The molecular formula is C24H23ClF2N2O4. The van der Waals surface area contributed by atoms with Crippen LogP contribution in [0, 0.1) is 0 Å². The Hall–Kier alpha value is -2.97. The molecule has 9 heteroatoms. The smallest absolute Gasteiger partial charge is 0.315 e. The molecule has 0 aromatic heterocycles. The lowest BCUT2D eigenvalue weighted by Gasteiger charge is -2.48. The van der Waals surface area contributed by atoms with Crippen LogP contribution >= 0.6 is 11.6 Å². The highest BCUT2D eigenvalue weighted by atomic mass is 35.5. The molecule has 2 aliphatic rings. The lowest BCUT2D eigenvalue weighted by atomic mass is 9.76. The zero-order valence-corrected chi connectivity index (χ0v) is 18.9. The number of hydrogen-bond acceptors (Lipinski definition) is 6. The number of para-hydroxylation sites is 1. The first-order chi connectivity index (χ1) is 15.6. The highest BCUT2D eigenvalue weighted by molar-refractivity contribution is 6.17. The Morgan fingerprint density at radius 1 is 1.15 bits per heavy atom. The number of ether oxygens (including phenoxy) is 1. The van der Waals surface area contributed by atoms with Gasteiger partial charge < -0.3 is 14.7 Å². The molecule has 2 heterocycles. The van der Waals surface area contributed by atoms with Crippen molar-refractivity contribution in [3.05, 3.63) is 59.2 Å². The molecule has 1 unspecified atom stereocenters. The number of nitrogens with zero attached hydrogens (tertiary/aromatic N) is 2. The summed E-state index contributed by atoms with van der Waals surface area (Å²) in [6.07, 6.45) is 3.62. The van der Waals surface area contributed by atoms with Crippen LogP contribution in [0.2, 0.25) is 0 Å². The number of phenolic OH excluding ortho intramolecular Hbond substituents is 1. The number of anilines is 1. The van der Waals surface area contributed by atoms with Gasteiger partial charge in [0.15, 0.2) is 0 Å². The van der Waals surface area contributed by atoms with Crippen LogP contribution in [0.25, 0.3) is 6.08 Å². The highest BCUT2D eigenvalue weighted by Crippen LogP contribution is 2.55. The molecule has 2 aliphatic heterocycles. The van der Waals surface area contributed by atoms with E-state index in [4.69, 9.17) is 16.3 Å². The third kappa shape index (κ3) is 3.87. The Morgan fingerprint density at radius 3 is 2.45 bits per heavy atom. The maximum Gasteiger partial charge on any atom is 0.315 e. The fraction of sp³-hybridized carbons (Fsp3) is 0.333. The summed E-state index contributed by atoms with van der Waals surface area (Å²) in [6.45, 7) is 2.32. The monoisotopic (exact) mass is 476 g/mol. The molecule has 2 aromatic rings. The highest BCUT2D eigenvalue weighted by Gasteiger charge is 2.59. The molecule has 0 bridgehead atoms. The van der Waals surface area contributed by atoms with Crippen LogP contribution in [0.1, 0.15) is 30.5 Å². The van der Waals surface area contributed by atoms with Gasteiger partial charge >= 0.3 is 12.1 Å². The number of fused-ring (bicyclic) bond motifs is 2. The van der Waals surface area contributed by atoms with Crippen molar-refractivity contribution in [1.29, 1.82) is 0 Å². The van der Waals surface area contributed by atoms with Crippen LogP contribution in [-0.2, 0) is 20.9 Å². The fourth-order valence-corrected chi connectivity index (χ4v) is 4.95. The van der Waals surface area contributed by atoms with E-state index in [0.717, 1.165) is 16.2 Å². The molecule has 0 saturated heterocycles. The van der Waals surface area contributed by atoms with Crippen LogP contribution in [0.4, 0.5) is 14.5 Å². The molecule has 0 saturated carbocycles. The van der Waals surface area contributed by atoms with Crippen molar-refractivity contribution >= 4 is 35.4 Å². The van der Waals surface area contributed by atoms with Crippen molar-refractivity contribution in [2.24, 2.45) is 0 Å². The summed E-state index contributed by atoms with van der Waals surface area (Å²) >= 11 is 6.13. The standard InChI is InChI=1S/C24H23ClF2N2O4/c1-23(2)18-5-3-4-6-19(18)29(14-28(12-20(26)31)13-21(27)32)24(23)8-7-15-9-17(30)10-16(11-25)22(15)33-24/h3-10,30H,11-14H2,1-2H3. The third-order valence-corrected chi connectivity index (χ3v) is 6.56. The van der Waals surface area contributed by atoms with Gasteiger partial charge in [-0.05, 0) is 49.8 Å². The average molecular weight is 477 g/mol. The minimum absolute atomic E-state index is 0.0496. The molecule has 1 atom stereocenters. The van der Waals surface area contributed by atoms with E-state index in [0.29, 0.717) is 16.9 Å². The number of carbonyl (C=O) groups is 2. The van der Waals surface area contributed by atoms with Gasteiger partial charge in [-0.2, -0.15) is 8.78 Å². The number of halogens is 3. The maximum absolute atomic E-state index is 13.3. The Kier molecular flexibility index (Phi) is 5.92. The molecule has 0 amide bonds. The summed E-state index contributed by atoms with van der Waals surface area (Å²) in [6, 6.07) is 7.23. The van der Waals surface area contributed by atoms with E-state index in [1.807, 2.05) is 44.2 Å². The molecule has 6 nitrogen and oxygen atoms in total. The first kappa shape index (κ1) is 23.2. The zero-order valence-electron chi connectivity index (χ0n) is 18.1. The van der Waals surface area contributed by atoms with Gasteiger partial charge in [-0.25, -0.2) is 0 Å². The summed E-state index contributed by atoms with van der Waals surface area (Å²) < 4.78 is 33.2. The Bertz CT molecular complexity index is 1140. The lowest BCUT2D eigenvalue weighted by Crippen LogP contribution is -2.62. The van der Waals surface area contributed by atoms with E-state index in [9.17, 15) is 23.5 Å². The van der Waals surface area contributed by atoms with Crippen molar-refractivity contribution in [2.75, 3.05) is 24.7 Å². The van der Waals surface area contributed by atoms with Gasteiger partial charge in [-0.15, -0.1) is 11.6 Å². The van der Waals surface area contributed by atoms with Crippen molar-refractivity contribution in [3.8, 4) is 11.5 Å². The minimum atomic E-state index is -1.68. The topological polar surface area (TPSA) is 70.1 Å². The molecule has 0 fully saturated rings. The first-order valence-corrected chi connectivity index (χ1v) is 10.9. The van der Waals surface area contributed by atoms with Crippen LogP contribution in [0.5, 0.6) is 11.5 Å². The van der Waals surface area contributed by atoms with Gasteiger partial charge in [-0.3, -0.25) is 14.5 Å². The summed E-state index contributed by atoms with van der Waals surface area (Å²) in [5, 5.41) is 10.0. The second-order valence-electron chi connectivity index (χ2n) is 8.70. The van der Waals surface area contributed by atoms with E-state index in [-0.39, 0.29) is 18.3 Å². The predicted octanol–water partition coefficient (Wildman–Crippen LogP) is 4.28. The van der Waals surface area contributed by atoms with E-state index in [1.165, 1.54) is 6.07 Å². The zero-order chi connectivity index (χ0) is 24.0. The van der Waals surface area contributed by atoms with Gasteiger partial charge in [0.05, 0.1) is 31.1 Å². The number of rotatable bonds is 7. The average Bonchev–Trinajstić information content (AvgIpc) is 2.91. The van der Waals surface area contributed by atoms with E-state index < -0.39 is 36.3 Å². The lowest BCUT2D eigenvalue weighted by molar-refractivity contribution is -0.133. The largest absolute Gasteiger partial charge is 0.508 e. The molecule has 33 heavy (non-hydrogen) atoms. The number of carbonyl (C=O) groups excluding carboxylic acids is 2. The number of aromatic hydroxyl groups is 1. The van der Waals surface area contributed by atoms with Gasteiger partial charge in [0.1, 0.15) is 11.5 Å². The molecule has 0 aliphatic carbocycles. The Balaban J connectivity index is 1.86. The van der Waals surface area contributed by atoms with Crippen LogP contribution in [-0.4, -0.2) is 47.6 Å². The van der Waals surface area contributed by atoms with E-state index in [1.54, 1.807) is 17.0 Å². The quantitative estimate of drug-likeness (QED) is 0.475.